The highest BCUT2D eigenvalue weighted by atomic mass is 35.5. The molecule has 2 aromatic rings. The van der Waals surface area contributed by atoms with Crippen molar-refractivity contribution >= 4 is 23.3 Å². The van der Waals surface area contributed by atoms with Crippen LogP contribution < -0.4 is 10.5 Å². The third-order valence-corrected chi connectivity index (χ3v) is 3.38. The topological polar surface area (TPSA) is 61.5 Å². The quantitative estimate of drug-likeness (QED) is 0.692. The largest absolute Gasteiger partial charge is 0.487 e. The first kappa shape index (κ1) is 15.2. The average Bonchev–Trinajstić information content (AvgIpc) is 2.47. The first-order valence-electron chi connectivity index (χ1n) is 6.37. The van der Waals surface area contributed by atoms with Crippen molar-refractivity contribution in [2.45, 2.75) is 13.5 Å². The number of halogens is 1. The zero-order chi connectivity index (χ0) is 15.4. The smallest absolute Gasteiger partial charge is 0.337 e. The molecule has 0 amide bonds. The summed E-state index contributed by atoms with van der Waals surface area (Å²) < 4.78 is 10.3. The fourth-order valence-electron chi connectivity index (χ4n) is 1.83. The Labute approximate surface area is 128 Å². The number of nitrogen functional groups attached to an aromatic ring is 1. The predicted molar refractivity (Wildman–Crippen MR) is 82.7 cm³/mol. The number of nitrogens with two attached hydrogens (primary N) is 1. The molecule has 4 nitrogen and oxygen atoms in total. The fourth-order valence-corrected chi connectivity index (χ4v) is 2.12. The Morgan fingerprint density at radius 2 is 2.00 bits per heavy atom. The predicted octanol–water partition coefficient (Wildman–Crippen LogP) is 3.60. The Kier molecular flexibility index (Phi) is 4.70. The number of carbonyl (C=O) groups excluding carboxylic acids is 1. The minimum absolute atomic E-state index is 0.272. The van der Waals surface area contributed by atoms with E-state index >= 15 is 0 Å². The van der Waals surface area contributed by atoms with Gasteiger partial charge in [0.25, 0.3) is 0 Å². The highest BCUT2D eigenvalue weighted by Gasteiger charge is 2.10. The number of hydrogen-bond acceptors (Lipinski definition) is 4. The third kappa shape index (κ3) is 3.67. The van der Waals surface area contributed by atoms with E-state index in [0.29, 0.717) is 22.0 Å². The second-order valence-electron chi connectivity index (χ2n) is 4.63. The summed E-state index contributed by atoms with van der Waals surface area (Å²) in [5.41, 5.74) is 8.61. The van der Waals surface area contributed by atoms with Crippen molar-refractivity contribution in [2.75, 3.05) is 12.8 Å². The molecule has 0 radical (unpaired) electrons. The van der Waals surface area contributed by atoms with Crippen molar-refractivity contribution < 1.29 is 14.3 Å². The van der Waals surface area contributed by atoms with Crippen LogP contribution in [0.25, 0.3) is 0 Å². The molecule has 0 aromatic heterocycles. The van der Waals surface area contributed by atoms with Gasteiger partial charge in [-0.25, -0.2) is 4.79 Å². The summed E-state index contributed by atoms with van der Waals surface area (Å²) in [6, 6.07) is 10.5. The lowest BCUT2D eigenvalue weighted by Crippen LogP contribution is -2.04. The van der Waals surface area contributed by atoms with Crippen LogP contribution in [0.4, 0.5) is 5.69 Å². The van der Waals surface area contributed by atoms with E-state index in [9.17, 15) is 4.79 Å². The molecule has 5 heteroatoms. The van der Waals surface area contributed by atoms with E-state index in [1.807, 2.05) is 25.1 Å². The number of esters is 1. The van der Waals surface area contributed by atoms with Gasteiger partial charge in [-0.3, -0.25) is 0 Å². The van der Waals surface area contributed by atoms with Crippen LogP contribution in [-0.4, -0.2) is 13.1 Å². The summed E-state index contributed by atoms with van der Waals surface area (Å²) in [5.74, 6) is -0.0113. The second kappa shape index (κ2) is 6.50. The van der Waals surface area contributed by atoms with Crippen LogP contribution in [0, 0.1) is 6.92 Å². The van der Waals surface area contributed by atoms with Gasteiger partial charge < -0.3 is 15.2 Å². The molecule has 0 spiro atoms. The summed E-state index contributed by atoms with van der Waals surface area (Å²) in [6.45, 7) is 2.24. The molecule has 0 heterocycles. The summed E-state index contributed by atoms with van der Waals surface area (Å²) in [7, 11) is 1.32. The fraction of sp³-hybridized carbons (Fsp3) is 0.188. The zero-order valence-electron chi connectivity index (χ0n) is 11.9. The molecule has 0 aliphatic carbocycles. The number of aryl methyl sites for hydroxylation is 1. The molecule has 0 unspecified atom stereocenters. The molecule has 0 aliphatic rings. The number of hydrogen-bond donors (Lipinski definition) is 1. The molecule has 2 rings (SSSR count). The van der Waals surface area contributed by atoms with Gasteiger partial charge in [0.1, 0.15) is 12.4 Å². The lowest BCUT2D eigenvalue weighted by atomic mass is 10.1. The van der Waals surface area contributed by atoms with E-state index in [0.717, 1.165) is 11.1 Å². The molecule has 0 atom stereocenters. The van der Waals surface area contributed by atoms with Crippen molar-refractivity contribution in [2.24, 2.45) is 0 Å². The van der Waals surface area contributed by atoms with Gasteiger partial charge >= 0.3 is 5.97 Å². The van der Waals surface area contributed by atoms with Crippen LogP contribution in [0.2, 0.25) is 5.02 Å². The Morgan fingerprint density at radius 1 is 1.24 bits per heavy atom. The number of benzene rings is 2. The standard InChI is InChI=1S/C16H16ClNO3/c1-10-3-4-12(13(17)7-10)9-21-15-8-11(16(19)20-2)5-6-14(15)18/h3-8H,9,18H2,1-2H3. The van der Waals surface area contributed by atoms with Crippen LogP contribution in [0.3, 0.4) is 0 Å². The van der Waals surface area contributed by atoms with Gasteiger partial charge in [-0.15, -0.1) is 0 Å². The number of methoxy groups -OCH3 is 1. The van der Waals surface area contributed by atoms with Gasteiger partial charge in [0, 0.05) is 10.6 Å². The average molecular weight is 306 g/mol. The Bertz CT molecular complexity index is 671. The van der Waals surface area contributed by atoms with Crippen LogP contribution in [-0.2, 0) is 11.3 Å². The first-order chi connectivity index (χ1) is 10.0. The molecule has 0 saturated heterocycles. The highest BCUT2D eigenvalue weighted by molar-refractivity contribution is 6.31. The monoisotopic (exact) mass is 305 g/mol. The normalized spacial score (nSPS) is 10.2. The Hall–Kier alpha value is -2.20. The summed E-state index contributed by atoms with van der Waals surface area (Å²) in [6.07, 6.45) is 0. The van der Waals surface area contributed by atoms with E-state index in [1.165, 1.54) is 7.11 Å². The van der Waals surface area contributed by atoms with Gasteiger partial charge in [-0.05, 0) is 36.8 Å². The van der Waals surface area contributed by atoms with E-state index in [2.05, 4.69) is 4.74 Å². The van der Waals surface area contributed by atoms with Crippen LogP contribution in [0.15, 0.2) is 36.4 Å². The lowest BCUT2D eigenvalue weighted by molar-refractivity contribution is 0.0600. The van der Waals surface area contributed by atoms with Crippen molar-refractivity contribution in [3.63, 3.8) is 0 Å². The molecule has 110 valence electrons. The first-order valence-corrected chi connectivity index (χ1v) is 6.74. The number of anilines is 1. The van der Waals surface area contributed by atoms with Crippen molar-refractivity contribution in [1.29, 1.82) is 0 Å². The maximum absolute atomic E-state index is 11.5. The highest BCUT2D eigenvalue weighted by Crippen LogP contribution is 2.26. The minimum Gasteiger partial charge on any atom is -0.487 e. The summed E-state index contributed by atoms with van der Waals surface area (Å²) >= 11 is 6.15. The van der Waals surface area contributed by atoms with Crippen LogP contribution in [0.1, 0.15) is 21.5 Å². The van der Waals surface area contributed by atoms with Gasteiger partial charge in [0.15, 0.2) is 0 Å². The van der Waals surface area contributed by atoms with Crippen molar-refractivity contribution in [1.82, 2.24) is 0 Å². The summed E-state index contributed by atoms with van der Waals surface area (Å²) in [4.78, 5) is 11.5. The van der Waals surface area contributed by atoms with E-state index < -0.39 is 5.97 Å². The minimum atomic E-state index is -0.437. The molecule has 0 fully saturated rings. The SMILES string of the molecule is COC(=O)c1ccc(N)c(OCc2ccc(C)cc2Cl)c1. The van der Waals surface area contributed by atoms with E-state index in [4.69, 9.17) is 22.1 Å². The van der Waals surface area contributed by atoms with Crippen molar-refractivity contribution in [3.8, 4) is 5.75 Å². The number of ether oxygens (including phenoxy) is 2. The number of carbonyl (C=O) groups is 1. The van der Waals surface area contributed by atoms with E-state index in [-0.39, 0.29) is 6.61 Å². The molecular weight excluding hydrogens is 290 g/mol. The van der Waals surface area contributed by atoms with Gasteiger partial charge in [-0.2, -0.15) is 0 Å². The third-order valence-electron chi connectivity index (χ3n) is 3.03. The lowest BCUT2D eigenvalue weighted by Gasteiger charge is -2.11. The van der Waals surface area contributed by atoms with Gasteiger partial charge in [0.2, 0.25) is 0 Å². The molecule has 2 aromatic carbocycles. The van der Waals surface area contributed by atoms with Crippen LogP contribution >= 0.6 is 11.6 Å². The summed E-state index contributed by atoms with van der Waals surface area (Å²) in [5, 5.41) is 0.637. The maximum Gasteiger partial charge on any atom is 0.337 e. The maximum atomic E-state index is 11.5. The van der Waals surface area contributed by atoms with E-state index in [1.54, 1.807) is 18.2 Å². The molecule has 0 saturated carbocycles. The molecule has 21 heavy (non-hydrogen) atoms. The second-order valence-corrected chi connectivity index (χ2v) is 5.03. The number of rotatable bonds is 4. The molecule has 0 bridgehead atoms. The Balaban J connectivity index is 2.17. The van der Waals surface area contributed by atoms with Crippen LogP contribution in [0.5, 0.6) is 5.75 Å². The molecule has 2 N–H and O–H groups in total. The Morgan fingerprint density at radius 3 is 2.67 bits per heavy atom. The molecular formula is C16H16ClNO3. The van der Waals surface area contributed by atoms with Gasteiger partial charge in [0.05, 0.1) is 18.4 Å². The molecule has 0 aliphatic heterocycles. The van der Waals surface area contributed by atoms with Crippen molar-refractivity contribution in [3.05, 3.63) is 58.1 Å². The zero-order valence-corrected chi connectivity index (χ0v) is 12.6. The van der Waals surface area contributed by atoms with Gasteiger partial charge in [-0.1, -0.05) is 23.7 Å².